The highest BCUT2D eigenvalue weighted by Gasteiger charge is 2.29. The molecular weight excluding hydrogens is 376 g/mol. The third-order valence-corrected chi connectivity index (χ3v) is 7.14. The smallest absolute Gasteiger partial charge is 0.252 e. The molecule has 7 nitrogen and oxygen atoms in total. The number of nitrogens with zero attached hydrogens (tertiary/aromatic N) is 2. The van der Waals surface area contributed by atoms with Gasteiger partial charge in [-0.1, -0.05) is 30.3 Å². The Bertz CT molecular complexity index is 924. The third-order valence-electron chi connectivity index (χ3n) is 5.19. The first-order chi connectivity index (χ1) is 13.4. The number of aryl methyl sites for hydroxylation is 1. The fourth-order valence-electron chi connectivity index (χ4n) is 3.59. The molecular formula is C20H26N4O3S. The number of piperidine rings is 1. The van der Waals surface area contributed by atoms with Gasteiger partial charge in [0.05, 0.1) is 11.3 Å². The summed E-state index contributed by atoms with van der Waals surface area (Å²) >= 11 is 0. The Kier molecular flexibility index (Phi) is 6.31. The van der Waals surface area contributed by atoms with Gasteiger partial charge in [0.25, 0.3) is 5.91 Å². The van der Waals surface area contributed by atoms with Crippen LogP contribution in [0.15, 0.2) is 42.5 Å². The Labute approximate surface area is 165 Å². The summed E-state index contributed by atoms with van der Waals surface area (Å²) in [4.78, 5) is 15.6. The van der Waals surface area contributed by atoms with Crippen LogP contribution < -0.4 is 11.5 Å². The minimum Gasteiger partial charge on any atom is -0.383 e. The maximum Gasteiger partial charge on any atom is 0.252 e. The van der Waals surface area contributed by atoms with Crippen molar-refractivity contribution in [2.75, 3.05) is 24.6 Å². The van der Waals surface area contributed by atoms with Crippen LogP contribution in [0, 0.1) is 0 Å². The van der Waals surface area contributed by atoms with E-state index in [1.54, 1.807) is 16.4 Å². The zero-order valence-electron chi connectivity index (χ0n) is 15.8. The Morgan fingerprint density at radius 3 is 2.39 bits per heavy atom. The minimum absolute atomic E-state index is 0.125. The third kappa shape index (κ3) is 4.88. The number of pyridine rings is 1. The average Bonchev–Trinajstić information content (AvgIpc) is 2.68. The van der Waals surface area contributed by atoms with Crippen LogP contribution in [-0.2, 0) is 16.4 Å². The summed E-state index contributed by atoms with van der Waals surface area (Å²) in [7, 11) is -3.26. The van der Waals surface area contributed by atoms with E-state index < -0.39 is 15.9 Å². The highest BCUT2D eigenvalue weighted by molar-refractivity contribution is 7.89. The van der Waals surface area contributed by atoms with E-state index in [4.69, 9.17) is 11.5 Å². The minimum atomic E-state index is -3.26. The number of carbonyl (C=O) groups is 1. The van der Waals surface area contributed by atoms with Gasteiger partial charge in [-0.2, -0.15) is 0 Å². The lowest BCUT2D eigenvalue weighted by molar-refractivity contribution is 0.100. The lowest BCUT2D eigenvalue weighted by Gasteiger charge is -2.31. The second-order valence-corrected chi connectivity index (χ2v) is 9.20. The molecule has 150 valence electrons. The molecule has 0 saturated carbocycles. The van der Waals surface area contributed by atoms with E-state index in [-0.39, 0.29) is 23.1 Å². The van der Waals surface area contributed by atoms with E-state index in [1.807, 2.05) is 30.3 Å². The summed E-state index contributed by atoms with van der Waals surface area (Å²) in [6.45, 7) is 0.939. The quantitative estimate of drug-likeness (QED) is 0.733. The van der Waals surface area contributed by atoms with Gasteiger partial charge in [0.1, 0.15) is 5.82 Å². The molecule has 4 N–H and O–H groups in total. The summed E-state index contributed by atoms with van der Waals surface area (Å²) in [5.41, 5.74) is 13.2. The Morgan fingerprint density at radius 2 is 1.79 bits per heavy atom. The Hall–Kier alpha value is -2.45. The largest absolute Gasteiger partial charge is 0.383 e. The fraction of sp³-hybridized carbons (Fsp3) is 0.400. The number of amides is 1. The maximum atomic E-state index is 12.6. The summed E-state index contributed by atoms with van der Waals surface area (Å²) in [6, 6.07) is 13.3. The van der Waals surface area contributed by atoms with Gasteiger partial charge in [-0.15, -0.1) is 0 Å². The van der Waals surface area contributed by atoms with Crippen molar-refractivity contribution in [2.24, 2.45) is 5.73 Å². The van der Waals surface area contributed by atoms with Gasteiger partial charge in [-0.05, 0) is 43.4 Å². The van der Waals surface area contributed by atoms with Gasteiger partial charge in [-0.25, -0.2) is 17.7 Å². The number of nitrogen functional groups attached to an aromatic ring is 1. The summed E-state index contributed by atoms with van der Waals surface area (Å²) < 4.78 is 26.8. The normalized spacial score (nSPS) is 16.1. The van der Waals surface area contributed by atoms with Crippen molar-refractivity contribution in [3.05, 3.63) is 59.3 Å². The number of anilines is 1. The van der Waals surface area contributed by atoms with Crippen LogP contribution in [0.2, 0.25) is 0 Å². The van der Waals surface area contributed by atoms with Crippen LogP contribution in [0.25, 0.3) is 0 Å². The van der Waals surface area contributed by atoms with Gasteiger partial charge in [0.15, 0.2) is 0 Å². The number of aromatic nitrogens is 1. The molecule has 1 saturated heterocycles. The molecule has 1 aromatic heterocycles. The van der Waals surface area contributed by atoms with E-state index >= 15 is 0 Å². The molecule has 0 aliphatic carbocycles. The van der Waals surface area contributed by atoms with Crippen molar-refractivity contribution in [3.8, 4) is 0 Å². The van der Waals surface area contributed by atoms with Crippen molar-refractivity contribution in [2.45, 2.75) is 31.6 Å². The molecule has 1 aliphatic heterocycles. The lowest BCUT2D eigenvalue weighted by atomic mass is 9.94. The van der Waals surface area contributed by atoms with Crippen LogP contribution in [-0.4, -0.2) is 42.5 Å². The predicted octanol–water partition coefficient (Wildman–Crippen LogP) is 1.90. The first kappa shape index (κ1) is 20.3. The second-order valence-electron chi connectivity index (χ2n) is 7.11. The number of rotatable bonds is 7. The molecule has 0 atom stereocenters. The molecule has 28 heavy (non-hydrogen) atoms. The molecule has 2 heterocycles. The van der Waals surface area contributed by atoms with Crippen molar-refractivity contribution in [1.29, 1.82) is 0 Å². The van der Waals surface area contributed by atoms with Crippen molar-refractivity contribution in [1.82, 2.24) is 9.29 Å². The van der Waals surface area contributed by atoms with Crippen LogP contribution in [0.5, 0.6) is 0 Å². The van der Waals surface area contributed by atoms with Gasteiger partial charge in [0, 0.05) is 24.7 Å². The molecule has 0 unspecified atom stereocenters. The highest BCUT2D eigenvalue weighted by Crippen LogP contribution is 2.29. The molecule has 3 rings (SSSR count). The summed E-state index contributed by atoms with van der Waals surface area (Å²) in [5.74, 6) is -0.195. The lowest BCUT2D eigenvalue weighted by Crippen LogP contribution is -2.39. The molecule has 0 radical (unpaired) electrons. The van der Waals surface area contributed by atoms with Crippen LogP contribution in [0.4, 0.5) is 5.82 Å². The topological polar surface area (TPSA) is 119 Å². The number of sulfonamides is 1. The SMILES string of the molecule is NC(=O)c1ccc(C2CCN(S(=O)(=O)CCCc3ccccc3)CC2)nc1N. The van der Waals surface area contributed by atoms with E-state index in [0.29, 0.717) is 32.4 Å². The van der Waals surface area contributed by atoms with E-state index in [9.17, 15) is 13.2 Å². The molecule has 2 aromatic rings. The Morgan fingerprint density at radius 1 is 1.11 bits per heavy atom. The number of benzene rings is 1. The number of carbonyl (C=O) groups excluding carboxylic acids is 1. The van der Waals surface area contributed by atoms with Crippen LogP contribution >= 0.6 is 0 Å². The highest BCUT2D eigenvalue weighted by atomic mass is 32.2. The monoisotopic (exact) mass is 402 g/mol. The molecule has 1 fully saturated rings. The first-order valence-electron chi connectivity index (χ1n) is 9.45. The zero-order valence-corrected chi connectivity index (χ0v) is 16.6. The molecule has 8 heteroatoms. The fourth-order valence-corrected chi connectivity index (χ4v) is 5.12. The molecule has 0 spiro atoms. The predicted molar refractivity (Wildman–Crippen MR) is 109 cm³/mol. The number of nitrogens with two attached hydrogens (primary N) is 2. The van der Waals surface area contributed by atoms with Gasteiger partial charge in [0.2, 0.25) is 10.0 Å². The average molecular weight is 403 g/mol. The van der Waals surface area contributed by atoms with Crippen molar-refractivity contribution in [3.63, 3.8) is 0 Å². The maximum absolute atomic E-state index is 12.6. The van der Waals surface area contributed by atoms with Gasteiger partial charge in [-0.3, -0.25) is 4.79 Å². The van der Waals surface area contributed by atoms with E-state index in [2.05, 4.69) is 4.98 Å². The number of hydrogen-bond acceptors (Lipinski definition) is 5. The van der Waals surface area contributed by atoms with Crippen molar-refractivity contribution >= 4 is 21.7 Å². The van der Waals surface area contributed by atoms with E-state index in [1.165, 1.54) is 0 Å². The standard InChI is InChI=1S/C20H26N4O3S/c21-19-17(20(22)25)8-9-18(23-19)16-10-12-24(13-11-16)28(26,27)14-4-7-15-5-2-1-3-6-15/h1-3,5-6,8-9,16H,4,7,10-14H2,(H2,21,23)(H2,22,25). The zero-order chi connectivity index (χ0) is 20.1. The molecule has 1 amide bonds. The molecule has 1 aliphatic rings. The molecule has 0 bridgehead atoms. The van der Waals surface area contributed by atoms with Gasteiger partial charge >= 0.3 is 0 Å². The van der Waals surface area contributed by atoms with Crippen LogP contribution in [0.1, 0.15) is 46.8 Å². The van der Waals surface area contributed by atoms with Crippen molar-refractivity contribution < 1.29 is 13.2 Å². The summed E-state index contributed by atoms with van der Waals surface area (Å²) in [5, 5.41) is 0. The second kappa shape index (κ2) is 8.70. The molecule has 1 aromatic carbocycles. The Balaban J connectivity index is 1.54. The van der Waals surface area contributed by atoms with E-state index in [0.717, 1.165) is 17.7 Å². The van der Waals surface area contributed by atoms with Gasteiger partial charge < -0.3 is 11.5 Å². The number of primary amides is 1. The number of hydrogen-bond donors (Lipinski definition) is 2. The van der Waals surface area contributed by atoms with Crippen LogP contribution in [0.3, 0.4) is 0 Å². The summed E-state index contributed by atoms with van der Waals surface area (Å²) in [6.07, 6.45) is 2.73. The first-order valence-corrected chi connectivity index (χ1v) is 11.1.